The smallest absolute Gasteiger partial charge is 0.323 e. The van der Waals surface area contributed by atoms with Crippen LogP contribution in [-0.2, 0) is 33.6 Å². The van der Waals surface area contributed by atoms with Gasteiger partial charge in [-0.25, -0.2) is 0 Å². The molecule has 0 aromatic rings. The molecular weight excluding hydrogens is 368 g/mol. The van der Waals surface area contributed by atoms with E-state index in [-0.39, 0.29) is 0 Å². The molecule has 0 radical (unpaired) electrons. The van der Waals surface area contributed by atoms with E-state index in [0.717, 1.165) is 0 Å². The Kier molecular flexibility index (Phi) is 4.68. The second-order valence-electron chi connectivity index (χ2n) is 5.33. The molecule has 142 valence electrons. The molecule has 0 aromatic carbocycles. The second kappa shape index (κ2) is 5.98. The molecule has 0 bridgehead atoms. The fraction of sp³-hybridized carbons (Fsp3) is 0.417. The van der Waals surface area contributed by atoms with Crippen molar-refractivity contribution in [2.24, 2.45) is 28.6 Å². The normalized spacial score (nSPS) is 25.8. The van der Waals surface area contributed by atoms with E-state index < -0.39 is 70.4 Å². The molecule has 1 aliphatic rings. The zero-order valence-electron chi connectivity index (χ0n) is 12.2. The van der Waals surface area contributed by atoms with E-state index in [9.17, 15) is 64.2 Å². The summed E-state index contributed by atoms with van der Waals surface area (Å²) in [5.41, 5.74) is -8.66. The van der Waals surface area contributed by atoms with Gasteiger partial charge in [-0.1, -0.05) is 0 Å². The molecule has 14 nitrogen and oxygen atoms in total. The third-order valence-electron chi connectivity index (χ3n) is 4.44. The van der Waals surface area contributed by atoms with E-state index in [4.69, 9.17) is 5.11 Å². The summed E-state index contributed by atoms with van der Waals surface area (Å²) in [7, 11) is 0. The molecule has 1 rings (SSSR count). The first kappa shape index (κ1) is 20.3. The van der Waals surface area contributed by atoms with E-state index in [1.807, 2.05) is 0 Å². The first-order valence-electron chi connectivity index (χ1n) is 6.35. The highest BCUT2D eigenvalue weighted by molar-refractivity contribution is 6.19. The average Bonchev–Trinajstić information content (AvgIpc) is 2.76. The Morgan fingerprint density at radius 3 is 0.808 bits per heavy atom. The van der Waals surface area contributed by atoms with Gasteiger partial charge in [0.1, 0.15) is 0 Å². The lowest BCUT2D eigenvalue weighted by Gasteiger charge is -2.36. The summed E-state index contributed by atoms with van der Waals surface area (Å²) in [5.74, 6) is -28.1. The Morgan fingerprint density at radius 1 is 0.462 bits per heavy atom. The molecule has 0 saturated heterocycles. The van der Waals surface area contributed by atoms with Crippen LogP contribution in [0.1, 0.15) is 0 Å². The number of rotatable bonds is 7. The zero-order valence-corrected chi connectivity index (χ0v) is 12.2. The first-order chi connectivity index (χ1) is 11.7. The Hall–Kier alpha value is -3.71. The zero-order chi connectivity index (χ0) is 20.8. The number of hydrogen-bond acceptors (Lipinski definition) is 7. The van der Waals surface area contributed by atoms with Gasteiger partial charge in [0.25, 0.3) is 0 Å². The topological polar surface area (TPSA) is 261 Å². The average molecular weight is 378 g/mol. The lowest BCUT2D eigenvalue weighted by molar-refractivity contribution is -0.201. The number of carbonyl (C=O) groups is 7. The maximum atomic E-state index is 11.7. The molecule has 2 atom stereocenters. The fourth-order valence-electron chi connectivity index (χ4n) is 3.57. The lowest BCUT2D eigenvalue weighted by Crippen LogP contribution is -2.64. The minimum atomic E-state index is -4.33. The van der Waals surface area contributed by atoms with E-state index in [0.29, 0.717) is 0 Å². The summed E-state index contributed by atoms with van der Waals surface area (Å²) in [4.78, 5) is 81.1. The SMILES string of the molecule is O=C(O)C1C(C(=O)O)C(C(=O)O)(C(=O)O)C(C(=O)O)(C(=O)O)C1C(=O)O. The lowest BCUT2D eigenvalue weighted by atomic mass is 9.59. The molecule has 2 unspecified atom stereocenters. The van der Waals surface area contributed by atoms with Crippen LogP contribution in [0.15, 0.2) is 0 Å². The molecule has 0 aliphatic heterocycles. The van der Waals surface area contributed by atoms with E-state index in [2.05, 4.69) is 0 Å². The van der Waals surface area contributed by atoms with Crippen LogP contribution >= 0.6 is 0 Å². The third kappa shape index (κ3) is 2.01. The summed E-state index contributed by atoms with van der Waals surface area (Å²) in [5, 5.41) is 64.8. The minimum absolute atomic E-state index is 2.39. The highest BCUT2D eigenvalue weighted by atomic mass is 16.4. The monoisotopic (exact) mass is 378 g/mol. The predicted molar refractivity (Wildman–Crippen MR) is 68.8 cm³/mol. The van der Waals surface area contributed by atoms with Crippen LogP contribution in [0.5, 0.6) is 0 Å². The first-order valence-corrected chi connectivity index (χ1v) is 6.35. The van der Waals surface area contributed by atoms with Gasteiger partial charge in [-0.15, -0.1) is 0 Å². The van der Waals surface area contributed by atoms with Gasteiger partial charge < -0.3 is 35.7 Å². The highest BCUT2D eigenvalue weighted by Crippen LogP contribution is 2.63. The van der Waals surface area contributed by atoms with Gasteiger partial charge >= 0.3 is 41.8 Å². The number of carboxylic acid groups (broad SMARTS) is 7. The Labute approximate surface area is 140 Å². The quantitative estimate of drug-likeness (QED) is 0.224. The van der Waals surface area contributed by atoms with E-state index in [1.165, 1.54) is 0 Å². The molecule has 26 heavy (non-hydrogen) atoms. The predicted octanol–water partition coefficient (Wildman–Crippen LogP) is -2.59. The van der Waals surface area contributed by atoms with Crippen molar-refractivity contribution in [2.75, 3.05) is 0 Å². The van der Waals surface area contributed by atoms with Gasteiger partial charge in [-0.05, 0) is 0 Å². The van der Waals surface area contributed by atoms with Crippen LogP contribution in [0.25, 0.3) is 0 Å². The Balaban J connectivity index is 4.36. The molecule has 0 heterocycles. The molecule has 1 aliphatic carbocycles. The molecule has 1 fully saturated rings. The van der Waals surface area contributed by atoms with Crippen LogP contribution in [0.3, 0.4) is 0 Å². The van der Waals surface area contributed by atoms with Crippen LogP contribution < -0.4 is 0 Å². The summed E-state index contributed by atoms with van der Waals surface area (Å²) in [6.45, 7) is 0. The van der Waals surface area contributed by atoms with Crippen molar-refractivity contribution in [1.29, 1.82) is 0 Å². The van der Waals surface area contributed by atoms with Crippen molar-refractivity contribution >= 4 is 41.8 Å². The van der Waals surface area contributed by atoms with Crippen molar-refractivity contribution in [3.8, 4) is 0 Å². The van der Waals surface area contributed by atoms with Crippen LogP contribution in [0.4, 0.5) is 0 Å². The van der Waals surface area contributed by atoms with Gasteiger partial charge in [0.2, 0.25) is 10.8 Å². The molecular formula is C12H10O14. The van der Waals surface area contributed by atoms with Gasteiger partial charge in [0, 0.05) is 0 Å². The van der Waals surface area contributed by atoms with Crippen LogP contribution in [0, 0.1) is 28.6 Å². The second-order valence-corrected chi connectivity index (χ2v) is 5.33. The van der Waals surface area contributed by atoms with Gasteiger partial charge in [0.05, 0.1) is 17.8 Å². The van der Waals surface area contributed by atoms with Gasteiger partial charge in [0.15, 0.2) is 0 Å². The van der Waals surface area contributed by atoms with Crippen molar-refractivity contribution in [1.82, 2.24) is 0 Å². The maximum Gasteiger partial charge on any atom is 0.323 e. The molecule has 0 spiro atoms. The summed E-state index contributed by atoms with van der Waals surface area (Å²) < 4.78 is 0. The molecule has 1 saturated carbocycles. The van der Waals surface area contributed by atoms with Crippen molar-refractivity contribution < 1.29 is 69.3 Å². The standard InChI is InChI=1S/C12H10O14/c13-4(14)1-2(5(15)16)11(7(19)20,8(21)22)12(9(23)24,10(25)26)3(1)6(17)18/h1-3H,(H,13,14)(H,15,16)(H,17,18)(H,19,20)(H,21,22)(H,23,24)(H,25,26). The molecule has 7 N–H and O–H groups in total. The van der Waals surface area contributed by atoms with E-state index in [1.54, 1.807) is 0 Å². The molecule has 14 heteroatoms. The Morgan fingerprint density at radius 2 is 0.692 bits per heavy atom. The minimum Gasteiger partial charge on any atom is -0.481 e. The van der Waals surface area contributed by atoms with Crippen LogP contribution in [-0.4, -0.2) is 77.5 Å². The fourth-order valence-corrected chi connectivity index (χ4v) is 3.57. The number of hydrogen-bond donors (Lipinski definition) is 7. The van der Waals surface area contributed by atoms with Crippen molar-refractivity contribution in [2.45, 2.75) is 0 Å². The molecule has 0 amide bonds. The Bertz CT molecular complexity index is 663. The number of aliphatic carboxylic acids is 7. The van der Waals surface area contributed by atoms with Crippen LogP contribution in [0.2, 0.25) is 0 Å². The third-order valence-corrected chi connectivity index (χ3v) is 4.44. The maximum absolute atomic E-state index is 11.7. The van der Waals surface area contributed by atoms with Gasteiger partial charge in [-0.2, -0.15) is 0 Å². The summed E-state index contributed by atoms with van der Waals surface area (Å²) in [6, 6.07) is 0. The largest absolute Gasteiger partial charge is 0.481 e. The highest BCUT2D eigenvalue weighted by Gasteiger charge is 2.88. The summed E-state index contributed by atoms with van der Waals surface area (Å²) >= 11 is 0. The van der Waals surface area contributed by atoms with E-state index >= 15 is 0 Å². The van der Waals surface area contributed by atoms with Crippen molar-refractivity contribution in [3.63, 3.8) is 0 Å². The van der Waals surface area contributed by atoms with Gasteiger partial charge in [-0.3, -0.25) is 33.6 Å². The number of carboxylic acids is 7. The summed E-state index contributed by atoms with van der Waals surface area (Å²) in [6.07, 6.45) is 0. The molecule has 0 aromatic heterocycles. The van der Waals surface area contributed by atoms with Crippen molar-refractivity contribution in [3.05, 3.63) is 0 Å².